The van der Waals surface area contributed by atoms with E-state index >= 15 is 0 Å². The van der Waals surface area contributed by atoms with Crippen molar-refractivity contribution in [1.29, 1.82) is 0 Å². The maximum atomic E-state index is 12.2. The van der Waals surface area contributed by atoms with Crippen LogP contribution in [0.2, 0.25) is 5.02 Å². The fourth-order valence-corrected chi connectivity index (χ4v) is 2.73. The zero-order valence-corrected chi connectivity index (χ0v) is 12.0. The number of aromatic nitrogens is 2. The number of benzene rings is 1. The van der Waals surface area contributed by atoms with Gasteiger partial charge in [-0.2, -0.15) is 4.98 Å². The van der Waals surface area contributed by atoms with Crippen LogP contribution in [0.25, 0.3) is 0 Å². The lowest BCUT2D eigenvalue weighted by Gasteiger charge is -2.18. The van der Waals surface area contributed by atoms with Gasteiger partial charge in [0.1, 0.15) is 0 Å². The third kappa shape index (κ3) is 2.29. The molecular weight excluding hydrogens is 278 g/mol. The van der Waals surface area contributed by atoms with Gasteiger partial charge >= 0.3 is 0 Å². The SMILES string of the molecule is Cc1noc(C2CC(=O)N(c3ccc(Cl)cc3C)C2)n1. The Kier molecular flexibility index (Phi) is 3.22. The van der Waals surface area contributed by atoms with Crippen molar-refractivity contribution < 1.29 is 9.32 Å². The zero-order valence-electron chi connectivity index (χ0n) is 11.3. The second kappa shape index (κ2) is 4.90. The van der Waals surface area contributed by atoms with Crippen LogP contribution in [0.15, 0.2) is 22.7 Å². The van der Waals surface area contributed by atoms with Crippen LogP contribution in [0.3, 0.4) is 0 Å². The third-order valence-electron chi connectivity index (χ3n) is 3.47. The Balaban J connectivity index is 1.87. The van der Waals surface area contributed by atoms with E-state index in [0.717, 1.165) is 11.3 Å². The summed E-state index contributed by atoms with van der Waals surface area (Å²) in [6.07, 6.45) is 0.393. The molecule has 5 nitrogen and oxygen atoms in total. The molecule has 1 atom stereocenters. The lowest BCUT2D eigenvalue weighted by molar-refractivity contribution is -0.117. The molecule has 1 aromatic heterocycles. The highest BCUT2D eigenvalue weighted by atomic mass is 35.5. The summed E-state index contributed by atoms with van der Waals surface area (Å²) in [6, 6.07) is 5.52. The van der Waals surface area contributed by atoms with Gasteiger partial charge < -0.3 is 9.42 Å². The molecule has 0 radical (unpaired) electrons. The highest BCUT2D eigenvalue weighted by molar-refractivity contribution is 6.30. The highest BCUT2D eigenvalue weighted by Crippen LogP contribution is 2.33. The Morgan fingerprint density at radius 3 is 2.85 bits per heavy atom. The standard InChI is InChI=1S/C14H14ClN3O2/c1-8-5-11(15)3-4-12(8)18-7-10(6-13(18)19)14-16-9(2)17-20-14/h3-5,10H,6-7H2,1-2H3. The summed E-state index contributed by atoms with van der Waals surface area (Å²) in [5, 5.41) is 4.45. The number of anilines is 1. The predicted octanol–water partition coefficient (Wildman–Crippen LogP) is 2.86. The summed E-state index contributed by atoms with van der Waals surface area (Å²) in [5.41, 5.74) is 1.87. The van der Waals surface area contributed by atoms with Crippen LogP contribution in [-0.2, 0) is 4.79 Å². The zero-order chi connectivity index (χ0) is 14.3. The van der Waals surface area contributed by atoms with Crippen LogP contribution in [-0.4, -0.2) is 22.6 Å². The molecule has 0 saturated carbocycles. The summed E-state index contributed by atoms with van der Waals surface area (Å²) in [5.74, 6) is 1.15. The number of carbonyl (C=O) groups excluding carboxylic acids is 1. The average Bonchev–Trinajstić information content (AvgIpc) is 2.96. The molecule has 0 aliphatic carbocycles. The molecule has 1 aliphatic heterocycles. The normalized spacial score (nSPS) is 18.9. The monoisotopic (exact) mass is 291 g/mol. The van der Waals surface area contributed by atoms with Crippen LogP contribution in [0.1, 0.15) is 29.6 Å². The first-order valence-corrected chi connectivity index (χ1v) is 6.79. The van der Waals surface area contributed by atoms with Gasteiger partial charge in [-0.1, -0.05) is 16.8 Å². The molecule has 1 amide bonds. The molecule has 1 fully saturated rings. The summed E-state index contributed by atoms with van der Waals surface area (Å²) in [7, 11) is 0. The van der Waals surface area contributed by atoms with Crippen molar-refractivity contribution in [2.45, 2.75) is 26.2 Å². The Morgan fingerprint density at radius 1 is 1.40 bits per heavy atom. The Labute approximate surface area is 121 Å². The topological polar surface area (TPSA) is 59.2 Å². The molecule has 0 N–H and O–H groups in total. The lowest BCUT2D eigenvalue weighted by atomic mass is 10.1. The first kappa shape index (κ1) is 13.1. The average molecular weight is 292 g/mol. The number of aryl methyl sites for hydroxylation is 2. The maximum Gasteiger partial charge on any atom is 0.232 e. The number of hydrogen-bond acceptors (Lipinski definition) is 4. The number of amides is 1. The first-order chi connectivity index (χ1) is 9.54. The van der Waals surface area contributed by atoms with E-state index in [4.69, 9.17) is 16.1 Å². The van der Waals surface area contributed by atoms with Crippen molar-refractivity contribution in [2.75, 3.05) is 11.4 Å². The van der Waals surface area contributed by atoms with Gasteiger partial charge in [-0.25, -0.2) is 0 Å². The number of halogens is 1. The van der Waals surface area contributed by atoms with Gasteiger partial charge in [0, 0.05) is 23.7 Å². The first-order valence-electron chi connectivity index (χ1n) is 6.41. The molecule has 1 aliphatic rings. The van der Waals surface area contributed by atoms with Crippen LogP contribution >= 0.6 is 11.6 Å². The van der Waals surface area contributed by atoms with E-state index in [0.29, 0.717) is 29.7 Å². The van der Waals surface area contributed by atoms with E-state index in [2.05, 4.69) is 10.1 Å². The molecule has 2 heterocycles. The van der Waals surface area contributed by atoms with Crippen LogP contribution in [0, 0.1) is 13.8 Å². The largest absolute Gasteiger partial charge is 0.339 e. The molecule has 6 heteroatoms. The molecule has 3 rings (SSSR count). The molecule has 1 unspecified atom stereocenters. The number of hydrogen-bond donors (Lipinski definition) is 0. The van der Waals surface area contributed by atoms with E-state index in [1.165, 1.54) is 0 Å². The van der Waals surface area contributed by atoms with E-state index in [-0.39, 0.29) is 11.8 Å². The van der Waals surface area contributed by atoms with Crippen molar-refractivity contribution in [1.82, 2.24) is 10.1 Å². The predicted molar refractivity (Wildman–Crippen MR) is 74.9 cm³/mol. The van der Waals surface area contributed by atoms with Crippen molar-refractivity contribution in [3.8, 4) is 0 Å². The van der Waals surface area contributed by atoms with Crippen molar-refractivity contribution >= 4 is 23.2 Å². The minimum Gasteiger partial charge on any atom is -0.339 e. The van der Waals surface area contributed by atoms with Crippen LogP contribution in [0.5, 0.6) is 0 Å². The maximum absolute atomic E-state index is 12.2. The van der Waals surface area contributed by atoms with Crippen LogP contribution in [0.4, 0.5) is 5.69 Å². The van der Waals surface area contributed by atoms with Gasteiger partial charge in [0.2, 0.25) is 11.8 Å². The molecule has 0 spiro atoms. The summed E-state index contributed by atoms with van der Waals surface area (Å²) in [4.78, 5) is 18.2. The van der Waals surface area contributed by atoms with E-state index in [9.17, 15) is 4.79 Å². The minimum absolute atomic E-state index is 0.0428. The Morgan fingerprint density at radius 2 is 2.20 bits per heavy atom. The number of carbonyl (C=O) groups is 1. The Bertz CT molecular complexity index is 668. The number of nitrogens with zero attached hydrogens (tertiary/aromatic N) is 3. The molecule has 1 aromatic carbocycles. The van der Waals surface area contributed by atoms with Crippen molar-refractivity contribution in [3.05, 3.63) is 40.5 Å². The fraction of sp³-hybridized carbons (Fsp3) is 0.357. The fourth-order valence-electron chi connectivity index (χ4n) is 2.51. The molecule has 20 heavy (non-hydrogen) atoms. The molecular formula is C14H14ClN3O2. The van der Waals surface area contributed by atoms with Gasteiger partial charge in [0.15, 0.2) is 5.82 Å². The minimum atomic E-state index is -0.0428. The van der Waals surface area contributed by atoms with Gasteiger partial charge in [-0.15, -0.1) is 0 Å². The summed E-state index contributed by atoms with van der Waals surface area (Å²) in [6.45, 7) is 4.27. The van der Waals surface area contributed by atoms with Gasteiger partial charge in [0.25, 0.3) is 0 Å². The van der Waals surface area contributed by atoms with Crippen molar-refractivity contribution in [3.63, 3.8) is 0 Å². The molecule has 1 saturated heterocycles. The van der Waals surface area contributed by atoms with E-state index in [1.807, 2.05) is 19.1 Å². The van der Waals surface area contributed by atoms with Crippen molar-refractivity contribution in [2.24, 2.45) is 0 Å². The second-order valence-electron chi connectivity index (χ2n) is 5.02. The second-order valence-corrected chi connectivity index (χ2v) is 5.45. The van der Waals surface area contributed by atoms with E-state index in [1.54, 1.807) is 17.9 Å². The lowest BCUT2D eigenvalue weighted by Crippen LogP contribution is -2.25. The van der Waals surface area contributed by atoms with Gasteiger partial charge in [-0.05, 0) is 37.6 Å². The quantitative estimate of drug-likeness (QED) is 0.853. The van der Waals surface area contributed by atoms with E-state index < -0.39 is 0 Å². The number of rotatable bonds is 2. The summed E-state index contributed by atoms with van der Waals surface area (Å²) >= 11 is 5.95. The Hall–Kier alpha value is -1.88. The highest BCUT2D eigenvalue weighted by Gasteiger charge is 2.35. The molecule has 0 bridgehead atoms. The van der Waals surface area contributed by atoms with Gasteiger partial charge in [0.05, 0.1) is 5.92 Å². The summed E-state index contributed by atoms with van der Waals surface area (Å²) < 4.78 is 5.17. The third-order valence-corrected chi connectivity index (χ3v) is 3.70. The molecule has 104 valence electrons. The van der Waals surface area contributed by atoms with Gasteiger partial charge in [-0.3, -0.25) is 4.79 Å². The molecule has 2 aromatic rings. The smallest absolute Gasteiger partial charge is 0.232 e. The van der Waals surface area contributed by atoms with Crippen LogP contribution < -0.4 is 4.90 Å².